The van der Waals surface area contributed by atoms with Crippen LogP contribution in [0.25, 0.3) is 0 Å². The van der Waals surface area contributed by atoms with Gasteiger partial charge in [-0.2, -0.15) is 0 Å². The number of ether oxygens (including phenoxy) is 1. The number of amides is 2. The second-order valence-corrected chi connectivity index (χ2v) is 10.6. The molecule has 0 saturated heterocycles. The highest BCUT2D eigenvalue weighted by Crippen LogP contribution is 2.28. The summed E-state index contributed by atoms with van der Waals surface area (Å²) in [5.74, 6) is -1.04. The molecule has 2 N–H and O–H groups in total. The maximum absolute atomic E-state index is 13.2. The highest BCUT2D eigenvalue weighted by atomic mass is 35.5. The fraction of sp³-hybridized carbons (Fsp3) is 0.333. The van der Waals surface area contributed by atoms with Crippen molar-refractivity contribution in [2.45, 2.75) is 45.7 Å². The molecule has 0 spiro atoms. The first-order valence-corrected chi connectivity index (χ1v) is 13.2. The van der Waals surface area contributed by atoms with Gasteiger partial charge in [0.15, 0.2) is 5.01 Å². The monoisotopic (exact) mass is 540 g/mol. The average molecular weight is 541 g/mol. The average Bonchev–Trinajstić information content (AvgIpc) is 3.32. The Balaban J connectivity index is 1.49. The number of aryl methyl sites for hydroxylation is 1. The van der Waals surface area contributed by atoms with Crippen molar-refractivity contribution >= 4 is 52.1 Å². The minimum absolute atomic E-state index is 0.180. The number of hydrogen-bond acceptors (Lipinski definition) is 7. The van der Waals surface area contributed by atoms with Gasteiger partial charge in [0.05, 0.1) is 18.4 Å². The molecule has 0 unspecified atom stereocenters. The molecule has 4 rings (SSSR count). The van der Waals surface area contributed by atoms with Gasteiger partial charge in [0.25, 0.3) is 5.91 Å². The van der Waals surface area contributed by atoms with Gasteiger partial charge in [-0.05, 0) is 62.2 Å². The molecule has 0 saturated carbocycles. The van der Waals surface area contributed by atoms with Crippen molar-refractivity contribution in [2.24, 2.45) is 0 Å². The summed E-state index contributed by atoms with van der Waals surface area (Å²) in [6.45, 7) is 6.01. The first-order chi connectivity index (χ1) is 17.7. The van der Waals surface area contributed by atoms with Crippen molar-refractivity contribution in [2.75, 3.05) is 24.3 Å². The Hall–Kier alpha value is -3.27. The number of carbonyl (C=O) groups is 3. The van der Waals surface area contributed by atoms with E-state index in [0.29, 0.717) is 39.4 Å². The number of aromatic nitrogens is 1. The number of hydrogen-bond donors (Lipinski definition) is 2. The van der Waals surface area contributed by atoms with Crippen molar-refractivity contribution in [3.05, 3.63) is 74.2 Å². The van der Waals surface area contributed by atoms with Crippen LogP contribution < -0.4 is 10.6 Å². The van der Waals surface area contributed by atoms with Crippen molar-refractivity contribution in [1.82, 2.24) is 9.88 Å². The van der Waals surface area contributed by atoms with E-state index in [1.54, 1.807) is 42.5 Å². The standard InChI is InChI=1S/C27H29ClN4O4S/c1-16(2)32-13-12-21-23(15-32)37-26(31-21)25(34)30-22-14-18(27(35)36-3)5-4-17(22)6-11-24(33)29-20-9-7-19(28)8-10-20/h4-5,7-10,14,16H,6,11-13,15H2,1-3H3,(H,29,33)(H,30,34). The normalized spacial score (nSPS) is 13.2. The number of benzene rings is 2. The lowest BCUT2D eigenvalue weighted by Gasteiger charge is -2.29. The number of thiazole rings is 1. The zero-order valence-corrected chi connectivity index (χ0v) is 22.5. The molecule has 0 aliphatic carbocycles. The van der Waals surface area contributed by atoms with Gasteiger partial charge in [0, 0.05) is 53.2 Å². The summed E-state index contributed by atoms with van der Waals surface area (Å²) in [4.78, 5) is 45.9. The van der Waals surface area contributed by atoms with Gasteiger partial charge in [-0.3, -0.25) is 14.5 Å². The third kappa shape index (κ3) is 6.74. The van der Waals surface area contributed by atoms with E-state index in [9.17, 15) is 14.4 Å². The Kier molecular flexibility index (Phi) is 8.58. The molecule has 1 aliphatic rings. The van der Waals surface area contributed by atoms with Gasteiger partial charge in [-0.25, -0.2) is 9.78 Å². The number of halogens is 1. The number of methoxy groups -OCH3 is 1. The smallest absolute Gasteiger partial charge is 0.337 e. The van der Waals surface area contributed by atoms with Crippen molar-refractivity contribution in [3.8, 4) is 0 Å². The summed E-state index contributed by atoms with van der Waals surface area (Å²) in [5, 5.41) is 6.71. The molecule has 0 radical (unpaired) electrons. The van der Waals surface area contributed by atoms with E-state index < -0.39 is 5.97 Å². The third-order valence-corrected chi connectivity index (χ3v) is 7.55. The van der Waals surface area contributed by atoms with Crippen LogP contribution >= 0.6 is 22.9 Å². The topological polar surface area (TPSA) is 101 Å². The summed E-state index contributed by atoms with van der Waals surface area (Å²) in [7, 11) is 1.30. The van der Waals surface area contributed by atoms with E-state index >= 15 is 0 Å². The van der Waals surface area contributed by atoms with E-state index in [1.807, 2.05) is 0 Å². The highest BCUT2D eigenvalue weighted by molar-refractivity contribution is 7.13. The molecule has 2 aromatic carbocycles. The fourth-order valence-electron chi connectivity index (χ4n) is 4.09. The number of carbonyl (C=O) groups excluding carboxylic acids is 3. The van der Waals surface area contributed by atoms with Gasteiger partial charge in [-0.1, -0.05) is 17.7 Å². The van der Waals surface area contributed by atoms with Crippen LogP contribution in [0, 0.1) is 0 Å². The second-order valence-electron chi connectivity index (χ2n) is 9.08. The van der Waals surface area contributed by atoms with Crippen LogP contribution in [0.4, 0.5) is 11.4 Å². The van der Waals surface area contributed by atoms with Crippen LogP contribution in [0.1, 0.15) is 56.6 Å². The van der Waals surface area contributed by atoms with Crippen molar-refractivity contribution in [1.29, 1.82) is 0 Å². The molecule has 0 fully saturated rings. The lowest BCUT2D eigenvalue weighted by atomic mass is 10.0. The van der Waals surface area contributed by atoms with Gasteiger partial charge >= 0.3 is 5.97 Å². The van der Waals surface area contributed by atoms with Crippen molar-refractivity contribution < 1.29 is 19.1 Å². The van der Waals surface area contributed by atoms with E-state index in [0.717, 1.165) is 35.6 Å². The van der Waals surface area contributed by atoms with Gasteiger partial charge in [0.1, 0.15) is 0 Å². The SMILES string of the molecule is COC(=O)c1ccc(CCC(=O)Nc2ccc(Cl)cc2)c(NC(=O)c2nc3c(s2)CN(C(C)C)CC3)c1. The van der Waals surface area contributed by atoms with E-state index in [-0.39, 0.29) is 18.2 Å². The molecule has 3 aromatic rings. The number of fused-ring (bicyclic) bond motifs is 1. The Morgan fingerprint density at radius 1 is 1.14 bits per heavy atom. The zero-order chi connectivity index (χ0) is 26.5. The minimum atomic E-state index is -0.513. The van der Waals surface area contributed by atoms with Gasteiger partial charge in [-0.15, -0.1) is 11.3 Å². The Morgan fingerprint density at radius 3 is 2.59 bits per heavy atom. The largest absolute Gasteiger partial charge is 0.465 e. The van der Waals surface area contributed by atoms with Crippen LogP contribution in [-0.4, -0.2) is 47.4 Å². The van der Waals surface area contributed by atoms with Crippen LogP contribution in [0.3, 0.4) is 0 Å². The second kappa shape index (κ2) is 11.9. The number of nitrogens with zero attached hydrogens (tertiary/aromatic N) is 2. The van der Waals surface area contributed by atoms with Gasteiger partial charge in [0.2, 0.25) is 5.91 Å². The van der Waals surface area contributed by atoms with Crippen LogP contribution in [0.2, 0.25) is 5.02 Å². The quantitative estimate of drug-likeness (QED) is 0.382. The first kappa shape index (κ1) is 26.8. The molecule has 8 nitrogen and oxygen atoms in total. The summed E-state index contributed by atoms with van der Waals surface area (Å²) >= 11 is 7.30. The summed E-state index contributed by atoms with van der Waals surface area (Å²) in [6.07, 6.45) is 1.34. The van der Waals surface area contributed by atoms with E-state index in [4.69, 9.17) is 16.3 Å². The fourth-order valence-corrected chi connectivity index (χ4v) is 5.24. The molecule has 0 bridgehead atoms. The van der Waals surface area contributed by atoms with Crippen LogP contribution in [0.5, 0.6) is 0 Å². The Morgan fingerprint density at radius 2 is 1.89 bits per heavy atom. The summed E-state index contributed by atoms with van der Waals surface area (Å²) in [5.41, 5.74) is 3.09. The summed E-state index contributed by atoms with van der Waals surface area (Å²) in [6, 6.07) is 12.2. The lowest BCUT2D eigenvalue weighted by molar-refractivity contribution is -0.116. The maximum Gasteiger partial charge on any atom is 0.337 e. The molecule has 2 heterocycles. The molecule has 194 valence electrons. The summed E-state index contributed by atoms with van der Waals surface area (Å²) < 4.78 is 4.84. The van der Waals surface area contributed by atoms with E-state index in [1.165, 1.54) is 18.4 Å². The van der Waals surface area contributed by atoms with Crippen LogP contribution in [-0.2, 0) is 28.9 Å². The minimum Gasteiger partial charge on any atom is -0.465 e. The molecule has 1 aromatic heterocycles. The predicted molar refractivity (Wildman–Crippen MR) is 146 cm³/mol. The number of nitrogens with one attached hydrogen (secondary N) is 2. The predicted octanol–water partition coefficient (Wildman–Crippen LogP) is 5.17. The molecule has 0 atom stereocenters. The Bertz CT molecular complexity index is 1310. The zero-order valence-electron chi connectivity index (χ0n) is 21.0. The maximum atomic E-state index is 13.2. The molecule has 10 heteroatoms. The highest BCUT2D eigenvalue weighted by Gasteiger charge is 2.25. The van der Waals surface area contributed by atoms with Crippen molar-refractivity contribution in [3.63, 3.8) is 0 Å². The molecular formula is C27H29ClN4O4S. The Labute approximate surface area is 225 Å². The third-order valence-electron chi connectivity index (χ3n) is 6.21. The molecule has 37 heavy (non-hydrogen) atoms. The van der Waals surface area contributed by atoms with Gasteiger partial charge < -0.3 is 15.4 Å². The number of rotatable bonds is 8. The van der Waals surface area contributed by atoms with E-state index in [2.05, 4.69) is 34.4 Å². The lowest BCUT2D eigenvalue weighted by Crippen LogP contribution is -2.35. The first-order valence-electron chi connectivity index (χ1n) is 12.0. The molecule has 1 aliphatic heterocycles. The molecular weight excluding hydrogens is 512 g/mol. The number of esters is 1. The van der Waals surface area contributed by atoms with Crippen LogP contribution in [0.15, 0.2) is 42.5 Å². The molecule has 2 amide bonds. The number of anilines is 2.